The van der Waals surface area contributed by atoms with Gasteiger partial charge in [0.25, 0.3) is 0 Å². The first-order chi connectivity index (χ1) is 7.26. The molecule has 3 heteroatoms. The van der Waals surface area contributed by atoms with Gasteiger partial charge in [0, 0.05) is 4.90 Å². The van der Waals surface area contributed by atoms with E-state index >= 15 is 0 Å². The third-order valence-electron chi connectivity index (χ3n) is 3.03. The Morgan fingerprint density at radius 1 is 1.20 bits per heavy atom. The predicted octanol–water partition coefficient (Wildman–Crippen LogP) is 2.16. The first-order valence-corrected chi connectivity index (χ1v) is 6.22. The Kier molecular flexibility index (Phi) is 2.27. The average molecular weight is 222 g/mol. The molecule has 0 atom stereocenters. The minimum Gasteiger partial charge on any atom is -0.385 e. The molecule has 1 heterocycles. The molecule has 1 aliphatic heterocycles. The minimum absolute atomic E-state index is 0.497. The van der Waals surface area contributed by atoms with Crippen LogP contribution in [0.1, 0.15) is 18.4 Å². The van der Waals surface area contributed by atoms with Crippen molar-refractivity contribution in [1.82, 2.24) is 0 Å². The number of hydrogen-bond donors (Lipinski definition) is 1. The molecule has 3 rings (SSSR count). The Balaban J connectivity index is 1.70. The summed E-state index contributed by atoms with van der Waals surface area (Å²) >= 11 is 1.86. The van der Waals surface area contributed by atoms with Crippen molar-refractivity contribution in [3.8, 4) is 0 Å². The van der Waals surface area contributed by atoms with E-state index in [2.05, 4.69) is 24.3 Å². The average Bonchev–Trinajstić information content (AvgIpc) is 2.93. The summed E-state index contributed by atoms with van der Waals surface area (Å²) in [5, 5.41) is 10.5. The number of rotatable bonds is 3. The van der Waals surface area contributed by atoms with E-state index in [0.717, 1.165) is 31.6 Å². The lowest BCUT2D eigenvalue weighted by Gasteiger charge is -2.25. The van der Waals surface area contributed by atoms with E-state index in [1.54, 1.807) is 0 Å². The van der Waals surface area contributed by atoms with Gasteiger partial charge in [0.1, 0.15) is 0 Å². The molecule has 0 unspecified atom stereocenters. The van der Waals surface area contributed by atoms with Gasteiger partial charge in [-0.1, -0.05) is 12.1 Å². The van der Waals surface area contributed by atoms with Crippen LogP contribution in [0.3, 0.4) is 0 Å². The van der Waals surface area contributed by atoms with Crippen LogP contribution in [0.25, 0.3) is 0 Å². The SMILES string of the molecule is OC1(c2ccc(SC3COC3)cc2)CC1. The molecule has 0 spiro atoms. The maximum absolute atomic E-state index is 9.90. The van der Waals surface area contributed by atoms with Crippen LogP contribution >= 0.6 is 11.8 Å². The molecule has 2 nitrogen and oxygen atoms in total. The minimum atomic E-state index is -0.497. The van der Waals surface area contributed by atoms with Crippen molar-refractivity contribution in [2.24, 2.45) is 0 Å². The quantitative estimate of drug-likeness (QED) is 0.850. The van der Waals surface area contributed by atoms with Crippen molar-refractivity contribution >= 4 is 11.8 Å². The second-order valence-corrected chi connectivity index (χ2v) is 5.71. The predicted molar refractivity (Wildman–Crippen MR) is 60.0 cm³/mol. The second kappa shape index (κ2) is 3.51. The molecule has 15 heavy (non-hydrogen) atoms. The van der Waals surface area contributed by atoms with Crippen molar-refractivity contribution in [3.05, 3.63) is 29.8 Å². The van der Waals surface area contributed by atoms with Crippen LogP contribution in [0.2, 0.25) is 0 Å². The molecule has 1 saturated heterocycles. The lowest BCUT2D eigenvalue weighted by atomic mass is 10.1. The summed E-state index contributed by atoms with van der Waals surface area (Å²) in [4.78, 5) is 1.27. The van der Waals surface area contributed by atoms with Gasteiger partial charge in [-0.05, 0) is 30.5 Å². The maximum atomic E-state index is 9.90. The fourth-order valence-corrected chi connectivity index (χ4v) is 2.73. The zero-order chi connectivity index (χ0) is 10.3. The van der Waals surface area contributed by atoms with Gasteiger partial charge in [-0.2, -0.15) is 0 Å². The summed E-state index contributed by atoms with van der Waals surface area (Å²) in [6.07, 6.45) is 1.83. The summed E-state index contributed by atoms with van der Waals surface area (Å²) < 4.78 is 5.13. The van der Waals surface area contributed by atoms with Crippen LogP contribution in [0.5, 0.6) is 0 Å². The molecule has 0 amide bonds. The fourth-order valence-electron chi connectivity index (χ4n) is 1.73. The van der Waals surface area contributed by atoms with E-state index in [1.807, 2.05) is 11.8 Å². The molecule has 1 N–H and O–H groups in total. The summed E-state index contributed by atoms with van der Waals surface area (Å²) in [5.74, 6) is 0. The highest BCUT2D eigenvalue weighted by molar-refractivity contribution is 8.00. The Morgan fingerprint density at radius 2 is 1.87 bits per heavy atom. The van der Waals surface area contributed by atoms with Crippen LogP contribution in [0.4, 0.5) is 0 Å². The molecule has 1 aliphatic carbocycles. The first-order valence-electron chi connectivity index (χ1n) is 5.34. The third-order valence-corrected chi connectivity index (χ3v) is 4.18. The molecule has 2 aliphatic rings. The van der Waals surface area contributed by atoms with E-state index in [9.17, 15) is 5.11 Å². The monoisotopic (exact) mass is 222 g/mol. The molecule has 0 radical (unpaired) electrons. The molecular formula is C12H14O2S. The maximum Gasteiger partial charge on any atom is 0.0899 e. The van der Waals surface area contributed by atoms with Crippen molar-refractivity contribution in [2.75, 3.05) is 13.2 Å². The lowest BCUT2D eigenvalue weighted by molar-refractivity contribution is 0.0455. The van der Waals surface area contributed by atoms with E-state index in [4.69, 9.17) is 4.74 Å². The van der Waals surface area contributed by atoms with Crippen LogP contribution in [-0.2, 0) is 10.3 Å². The lowest BCUT2D eigenvalue weighted by Crippen LogP contribution is -2.29. The number of benzene rings is 1. The highest BCUT2D eigenvalue weighted by atomic mass is 32.2. The van der Waals surface area contributed by atoms with Gasteiger partial charge < -0.3 is 9.84 Å². The van der Waals surface area contributed by atoms with Crippen molar-refractivity contribution in [2.45, 2.75) is 28.6 Å². The van der Waals surface area contributed by atoms with Gasteiger partial charge in [0.05, 0.1) is 24.1 Å². The molecule has 2 fully saturated rings. The van der Waals surface area contributed by atoms with Crippen LogP contribution in [0.15, 0.2) is 29.2 Å². The summed E-state index contributed by atoms with van der Waals surface area (Å²) in [5.41, 5.74) is 0.569. The number of thioether (sulfide) groups is 1. The van der Waals surface area contributed by atoms with Crippen LogP contribution in [-0.4, -0.2) is 23.6 Å². The summed E-state index contributed by atoms with van der Waals surface area (Å²) in [6, 6.07) is 8.31. The molecule has 1 aromatic carbocycles. The van der Waals surface area contributed by atoms with Crippen LogP contribution < -0.4 is 0 Å². The highest BCUT2D eigenvalue weighted by Gasteiger charge is 2.41. The van der Waals surface area contributed by atoms with Crippen molar-refractivity contribution in [3.63, 3.8) is 0 Å². The van der Waals surface area contributed by atoms with Crippen LogP contribution in [0, 0.1) is 0 Å². The molecular weight excluding hydrogens is 208 g/mol. The van der Waals surface area contributed by atoms with E-state index in [0.29, 0.717) is 5.25 Å². The molecule has 0 bridgehead atoms. The third kappa shape index (κ3) is 1.92. The summed E-state index contributed by atoms with van der Waals surface area (Å²) in [6.45, 7) is 1.74. The Labute approximate surface area is 93.6 Å². The molecule has 0 aromatic heterocycles. The Bertz CT molecular complexity index is 352. The number of ether oxygens (including phenoxy) is 1. The van der Waals surface area contributed by atoms with Gasteiger partial charge in [-0.15, -0.1) is 11.8 Å². The number of aliphatic hydroxyl groups is 1. The largest absolute Gasteiger partial charge is 0.385 e. The van der Waals surface area contributed by atoms with Gasteiger partial charge in [-0.3, -0.25) is 0 Å². The zero-order valence-electron chi connectivity index (χ0n) is 8.48. The Morgan fingerprint density at radius 3 is 2.33 bits per heavy atom. The van der Waals surface area contributed by atoms with E-state index in [-0.39, 0.29) is 0 Å². The van der Waals surface area contributed by atoms with Gasteiger partial charge in [-0.25, -0.2) is 0 Å². The van der Waals surface area contributed by atoms with Gasteiger partial charge >= 0.3 is 0 Å². The standard InChI is InChI=1S/C12H14O2S/c13-12(5-6-12)9-1-3-10(4-2-9)15-11-7-14-8-11/h1-4,11,13H,5-8H2. The topological polar surface area (TPSA) is 29.5 Å². The smallest absolute Gasteiger partial charge is 0.0899 e. The molecule has 80 valence electrons. The summed E-state index contributed by atoms with van der Waals surface area (Å²) in [7, 11) is 0. The first kappa shape index (κ1) is 9.70. The molecule has 1 aromatic rings. The highest BCUT2D eigenvalue weighted by Crippen LogP contribution is 2.45. The zero-order valence-corrected chi connectivity index (χ0v) is 9.30. The Hall–Kier alpha value is -0.510. The fraction of sp³-hybridized carbons (Fsp3) is 0.500. The van der Waals surface area contributed by atoms with Crippen molar-refractivity contribution in [1.29, 1.82) is 0 Å². The second-order valence-electron chi connectivity index (χ2n) is 4.33. The van der Waals surface area contributed by atoms with Gasteiger partial charge in [0.15, 0.2) is 0 Å². The van der Waals surface area contributed by atoms with E-state index < -0.39 is 5.60 Å². The van der Waals surface area contributed by atoms with E-state index in [1.165, 1.54) is 4.90 Å². The molecule has 1 saturated carbocycles. The number of hydrogen-bond acceptors (Lipinski definition) is 3. The van der Waals surface area contributed by atoms with Crippen molar-refractivity contribution < 1.29 is 9.84 Å². The van der Waals surface area contributed by atoms with Gasteiger partial charge in [0.2, 0.25) is 0 Å². The normalized spacial score (nSPS) is 23.5.